The predicted octanol–water partition coefficient (Wildman–Crippen LogP) is 2.33. The maximum absolute atomic E-state index is 13.8. The summed E-state index contributed by atoms with van der Waals surface area (Å²) in [4.78, 5) is 1.53. The minimum absolute atomic E-state index is 0.0104. The number of anilines is 1. The van der Waals surface area contributed by atoms with E-state index in [-0.39, 0.29) is 36.6 Å². The van der Waals surface area contributed by atoms with Crippen molar-refractivity contribution in [3.05, 3.63) is 28.8 Å². The Hall–Kier alpha value is -0.910. The summed E-state index contributed by atoms with van der Waals surface area (Å²) in [5.74, 6) is -1.43. The zero-order chi connectivity index (χ0) is 14.2. The molecule has 1 aromatic rings. The Balaban J connectivity index is 2.19. The number of aliphatic hydroxyl groups excluding tert-OH is 1. The van der Waals surface area contributed by atoms with Crippen molar-refractivity contribution in [1.82, 2.24) is 0 Å². The van der Waals surface area contributed by atoms with Gasteiger partial charge in [0.2, 0.25) is 0 Å². The van der Waals surface area contributed by atoms with Crippen LogP contribution < -0.4 is 4.90 Å². The van der Waals surface area contributed by atoms with Crippen molar-refractivity contribution in [2.24, 2.45) is 0 Å². The van der Waals surface area contributed by atoms with E-state index >= 15 is 0 Å². The van der Waals surface area contributed by atoms with E-state index in [4.69, 9.17) is 11.6 Å². The van der Waals surface area contributed by atoms with Gasteiger partial charge in [0.05, 0.1) is 11.7 Å². The van der Waals surface area contributed by atoms with E-state index < -0.39 is 23.3 Å². The number of hydrogen-bond donors (Lipinski definition) is 2. The normalized spacial score (nSPS) is 20.4. The number of aliphatic hydroxyl groups is 2. The highest BCUT2D eigenvalue weighted by Gasteiger charge is 2.37. The van der Waals surface area contributed by atoms with E-state index in [0.29, 0.717) is 0 Å². The molecule has 1 fully saturated rings. The Bertz CT molecular complexity index is 451. The second-order valence-corrected chi connectivity index (χ2v) is 5.42. The summed E-state index contributed by atoms with van der Waals surface area (Å²) >= 11 is 5.58. The molecule has 0 saturated carbocycles. The van der Waals surface area contributed by atoms with Crippen molar-refractivity contribution in [3.63, 3.8) is 0 Å². The molecule has 0 bridgehead atoms. The highest BCUT2D eigenvalue weighted by Crippen LogP contribution is 2.33. The van der Waals surface area contributed by atoms with Crippen LogP contribution in [0.5, 0.6) is 0 Å². The molecule has 1 atom stereocenters. The van der Waals surface area contributed by atoms with Gasteiger partial charge < -0.3 is 15.1 Å². The number of halogens is 3. The SMILES string of the molecule is CC(O)C1(O)CCN(c2c(F)cc(Cl)cc2F)CC1. The van der Waals surface area contributed by atoms with E-state index in [9.17, 15) is 19.0 Å². The number of rotatable bonds is 2. The second-order valence-electron chi connectivity index (χ2n) is 4.98. The standard InChI is InChI=1S/C13H16ClF2NO2/c1-8(18)13(19)2-4-17(5-3-13)12-10(15)6-9(14)7-11(12)16/h6-8,18-19H,2-5H2,1H3. The van der Waals surface area contributed by atoms with Gasteiger partial charge in [-0.2, -0.15) is 0 Å². The Labute approximate surface area is 115 Å². The van der Waals surface area contributed by atoms with Crippen LogP contribution in [-0.4, -0.2) is 35.0 Å². The topological polar surface area (TPSA) is 43.7 Å². The number of piperidine rings is 1. The molecule has 0 aliphatic carbocycles. The minimum Gasteiger partial charge on any atom is -0.390 e. The molecular weight excluding hydrogens is 276 g/mol. The molecule has 2 rings (SSSR count). The third-order valence-electron chi connectivity index (χ3n) is 3.70. The van der Waals surface area contributed by atoms with Crippen molar-refractivity contribution in [3.8, 4) is 0 Å². The van der Waals surface area contributed by atoms with Crippen LogP contribution in [0, 0.1) is 11.6 Å². The zero-order valence-electron chi connectivity index (χ0n) is 10.5. The third-order valence-corrected chi connectivity index (χ3v) is 3.92. The lowest BCUT2D eigenvalue weighted by molar-refractivity contribution is -0.0807. The third kappa shape index (κ3) is 2.83. The molecule has 106 valence electrons. The lowest BCUT2D eigenvalue weighted by Gasteiger charge is -2.41. The molecule has 6 heteroatoms. The molecule has 0 radical (unpaired) electrons. The summed E-state index contributed by atoms with van der Waals surface area (Å²) in [6.07, 6.45) is -0.354. The zero-order valence-corrected chi connectivity index (χ0v) is 11.3. The summed E-state index contributed by atoms with van der Waals surface area (Å²) in [7, 11) is 0. The largest absolute Gasteiger partial charge is 0.390 e. The van der Waals surface area contributed by atoms with Gasteiger partial charge in [-0.05, 0) is 31.9 Å². The summed E-state index contributed by atoms with van der Waals surface area (Å²) in [5, 5.41) is 19.6. The quantitative estimate of drug-likeness (QED) is 0.879. The van der Waals surface area contributed by atoms with E-state index in [1.54, 1.807) is 0 Å². The average Bonchev–Trinajstić information content (AvgIpc) is 2.30. The van der Waals surface area contributed by atoms with Gasteiger partial charge in [0, 0.05) is 18.1 Å². The highest BCUT2D eigenvalue weighted by molar-refractivity contribution is 6.30. The van der Waals surface area contributed by atoms with E-state index in [1.807, 2.05) is 0 Å². The number of hydrogen-bond acceptors (Lipinski definition) is 3. The molecule has 3 nitrogen and oxygen atoms in total. The van der Waals surface area contributed by atoms with Gasteiger partial charge in [-0.3, -0.25) is 0 Å². The van der Waals surface area contributed by atoms with E-state index in [2.05, 4.69) is 0 Å². The molecule has 1 saturated heterocycles. The molecule has 2 N–H and O–H groups in total. The van der Waals surface area contributed by atoms with Crippen molar-refractivity contribution >= 4 is 17.3 Å². The molecule has 0 spiro atoms. The van der Waals surface area contributed by atoms with Crippen molar-refractivity contribution in [1.29, 1.82) is 0 Å². The van der Waals surface area contributed by atoms with Gasteiger partial charge in [-0.1, -0.05) is 11.6 Å². The summed E-state index contributed by atoms with van der Waals surface area (Å²) in [6, 6.07) is 2.13. The summed E-state index contributed by atoms with van der Waals surface area (Å²) in [6.45, 7) is 2.06. The van der Waals surface area contributed by atoms with Gasteiger partial charge in [0.15, 0.2) is 11.6 Å². The first-order valence-electron chi connectivity index (χ1n) is 6.13. The van der Waals surface area contributed by atoms with E-state index in [1.165, 1.54) is 11.8 Å². The molecular formula is C13H16ClF2NO2. The molecule has 1 aliphatic heterocycles. The summed E-state index contributed by atoms with van der Waals surface area (Å²) in [5.41, 5.74) is -1.31. The van der Waals surface area contributed by atoms with Crippen LogP contribution in [0.2, 0.25) is 5.02 Å². The Morgan fingerprint density at radius 1 is 1.26 bits per heavy atom. The van der Waals surface area contributed by atoms with Crippen molar-refractivity contribution in [2.75, 3.05) is 18.0 Å². The molecule has 1 aromatic carbocycles. The van der Waals surface area contributed by atoms with Crippen molar-refractivity contribution in [2.45, 2.75) is 31.5 Å². The molecule has 1 heterocycles. The molecule has 0 aromatic heterocycles. The van der Waals surface area contributed by atoms with Gasteiger partial charge in [-0.15, -0.1) is 0 Å². The fraction of sp³-hybridized carbons (Fsp3) is 0.538. The van der Waals surface area contributed by atoms with Crippen LogP contribution in [-0.2, 0) is 0 Å². The maximum atomic E-state index is 13.8. The molecule has 1 aliphatic rings. The first-order valence-corrected chi connectivity index (χ1v) is 6.51. The highest BCUT2D eigenvalue weighted by atomic mass is 35.5. The number of nitrogens with zero attached hydrogens (tertiary/aromatic N) is 1. The summed E-state index contributed by atoms with van der Waals surface area (Å²) < 4.78 is 27.5. The number of benzene rings is 1. The second kappa shape index (κ2) is 5.23. The average molecular weight is 292 g/mol. The lowest BCUT2D eigenvalue weighted by Crippen LogP contribution is -2.50. The fourth-order valence-corrected chi connectivity index (χ4v) is 2.56. The molecule has 0 amide bonds. The lowest BCUT2D eigenvalue weighted by atomic mass is 9.86. The van der Waals surface area contributed by atoms with Crippen molar-refractivity contribution < 1.29 is 19.0 Å². The van der Waals surface area contributed by atoms with Gasteiger partial charge in [0.25, 0.3) is 0 Å². The Kier molecular flexibility index (Phi) is 3.99. The first kappa shape index (κ1) is 14.5. The van der Waals surface area contributed by atoms with Crippen LogP contribution in [0.3, 0.4) is 0 Å². The maximum Gasteiger partial charge on any atom is 0.150 e. The minimum atomic E-state index is -1.18. The predicted molar refractivity (Wildman–Crippen MR) is 69.4 cm³/mol. The van der Waals surface area contributed by atoms with Gasteiger partial charge in [-0.25, -0.2) is 8.78 Å². The first-order chi connectivity index (χ1) is 8.83. The van der Waals surface area contributed by atoms with E-state index in [0.717, 1.165) is 12.1 Å². The Morgan fingerprint density at radius 3 is 2.16 bits per heavy atom. The van der Waals surface area contributed by atoms with Crippen LogP contribution >= 0.6 is 11.6 Å². The monoisotopic (exact) mass is 291 g/mol. The molecule has 1 unspecified atom stereocenters. The fourth-order valence-electron chi connectivity index (χ4n) is 2.37. The van der Waals surface area contributed by atoms with Gasteiger partial charge in [0.1, 0.15) is 5.69 Å². The van der Waals surface area contributed by atoms with Crippen LogP contribution in [0.4, 0.5) is 14.5 Å². The van der Waals surface area contributed by atoms with Crippen LogP contribution in [0.15, 0.2) is 12.1 Å². The smallest absolute Gasteiger partial charge is 0.150 e. The Morgan fingerprint density at radius 2 is 1.74 bits per heavy atom. The van der Waals surface area contributed by atoms with Gasteiger partial charge >= 0.3 is 0 Å². The van der Waals surface area contributed by atoms with Crippen LogP contribution in [0.25, 0.3) is 0 Å². The van der Waals surface area contributed by atoms with Crippen LogP contribution in [0.1, 0.15) is 19.8 Å². The molecule has 19 heavy (non-hydrogen) atoms.